The number of thioether (sulfide) groups is 1. The van der Waals surface area contributed by atoms with Crippen molar-refractivity contribution < 1.29 is 4.74 Å². The number of ether oxygens (including phenoxy) is 1. The normalized spacial score (nSPS) is 28.2. The Balaban J connectivity index is 2.29. The first-order valence-corrected chi connectivity index (χ1v) is 6.11. The second-order valence-corrected chi connectivity index (χ2v) is 5.58. The summed E-state index contributed by atoms with van der Waals surface area (Å²) in [6.45, 7) is 7.35. The van der Waals surface area contributed by atoms with E-state index in [0.29, 0.717) is 5.41 Å². The lowest BCUT2D eigenvalue weighted by atomic mass is 9.88. The van der Waals surface area contributed by atoms with Crippen LogP contribution in [0.1, 0.15) is 33.6 Å². The van der Waals surface area contributed by atoms with Crippen LogP contribution in [0, 0.1) is 5.41 Å². The lowest BCUT2D eigenvalue weighted by molar-refractivity contribution is 0.129. The number of hydrogen-bond donors (Lipinski definition) is 0. The predicted molar refractivity (Wildman–Crippen MR) is 60.0 cm³/mol. The highest BCUT2D eigenvalue weighted by Crippen LogP contribution is 2.34. The third kappa shape index (κ3) is 4.08. The highest BCUT2D eigenvalue weighted by atomic mass is 32.2. The summed E-state index contributed by atoms with van der Waals surface area (Å²) in [6, 6.07) is 0. The summed E-state index contributed by atoms with van der Waals surface area (Å²) < 4.78 is 5.56. The summed E-state index contributed by atoms with van der Waals surface area (Å²) in [5.41, 5.74) is 1.65. The molecule has 1 nitrogen and oxygen atoms in total. The zero-order chi connectivity index (χ0) is 9.73. The van der Waals surface area contributed by atoms with Gasteiger partial charge >= 0.3 is 0 Å². The fourth-order valence-corrected chi connectivity index (χ4v) is 2.73. The highest BCUT2D eigenvalue weighted by molar-refractivity contribution is 7.99. The minimum atomic E-state index is 0.412. The van der Waals surface area contributed by atoms with Gasteiger partial charge in [0.15, 0.2) is 0 Å². The van der Waals surface area contributed by atoms with Crippen molar-refractivity contribution in [3.63, 3.8) is 0 Å². The molecule has 0 amide bonds. The number of rotatable bonds is 3. The molecule has 0 bridgehead atoms. The number of allylic oxidation sites excluding steroid dienone is 1. The van der Waals surface area contributed by atoms with Crippen LogP contribution in [-0.2, 0) is 4.74 Å². The van der Waals surface area contributed by atoms with Gasteiger partial charge in [-0.1, -0.05) is 6.92 Å². The Bertz CT molecular complexity index is 177. The van der Waals surface area contributed by atoms with Gasteiger partial charge < -0.3 is 4.74 Å². The molecule has 0 N–H and O–H groups in total. The van der Waals surface area contributed by atoms with Crippen molar-refractivity contribution in [1.82, 2.24) is 0 Å². The Labute approximate surface area is 85.9 Å². The average Bonchev–Trinajstić information content (AvgIpc) is 2.04. The first kappa shape index (κ1) is 11.0. The third-order valence-electron chi connectivity index (χ3n) is 2.27. The van der Waals surface area contributed by atoms with E-state index in [9.17, 15) is 0 Å². The topological polar surface area (TPSA) is 9.23 Å². The molecule has 76 valence electrons. The molecular weight excluding hydrogens is 180 g/mol. The van der Waals surface area contributed by atoms with E-state index in [0.717, 1.165) is 6.61 Å². The molecule has 0 aliphatic carbocycles. The molecule has 1 unspecified atom stereocenters. The summed E-state index contributed by atoms with van der Waals surface area (Å²) in [4.78, 5) is 0. The fourth-order valence-electron chi connectivity index (χ4n) is 1.52. The van der Waals surface area contributed by atoms with Crippen molar-refractivity contribution >= 4 is 11.8 Å². The molecule has 0 aromatic rings. The zero-order valence-corrected chi connectivity index (χ0v) is 9.75. The van der Waals surface area contributed by atoms with Crippen molar-refractivity contribution in [3.8, 4) is 0 Å². The van der Waals surface area contributed by atoms with Crippen LogP contribution in [0.15, 0.2) is 11.8 Å². The van der Waals surface area contributed by atoms with Crippen LogP contribution < -0.4 is 0 Å². The minimum absolute atomic E-state index is 0.412. The summed E-state index contributed by atoms with van der Waals surface area (Å²) in [5, 5.41) is 0. The molecule has 13 heavy (non-hydrogen) atoms. The van der Waals surface area contributed by atoms with Crippen LogP contribution >= 0.6 is 11.8 Å². The van der Waals surface area contributed by atoms with E-state index in [-0.39, 0.29) is 0 Å². The summed E-state index contributed by atoms with van der Waals surface area (Å²) in [5.74, 6) is 2.59. The van der Waals surface area contributed by atoms with Crippen LogP contribution in [-0.4, -0.2) is 18.1 Å². The fraction of sp³-hybridized carbons (Fsp3) is 0.818. The van der Waals surface area contributed by atoms with Crippen LogP contribution in [0.2, 0.25) is 0 Å². The Hall–Kier alpha value is -0.110. The van der Waals surface area contributed by atoms with E-state index in [2.05, 4.69) is 32.5 Å². The molecular formula is C11H20OS. The van der Waals surface area contributed by atoms with Gasteiger partial charge in [0.1, 0.15) is 0 Å². The molecule has 2 heteroatoms. The molecule has 1 rings (SSSR count). The predicted octanol–water partition coefficient (Wildman–Crippen LogP) is 3.46. The van der Waals surface area contributed by atoms with Gasteiger partial charge in [-0.15, -0.1) is 0 Å². The summed E-state index contributed by atoms with van der Waals surface area (Å²) in [6.07, 6.45) is 4.54. The van der Waals surface area contributed by atoms with E-state index in [4.69, 9.17) is 4.74 Å². The van der Waals surface area contributed by atoms with Crippen molar-refractivity contribution in [2.75, 3.05) is 18.1 Å². The molecule has 1 heterocycles. The van der Waals surface area contributed by atoms with Crippen LogP contribution in [0.5, 0.6) is 0 Å². The van der Waals surface area contributed by atoms with Crippen LogP contribution in [0.3, 0.4) is 0 Å². The monoisotopic (exact) mass is 200 g/mol. The molecule has 1 aliphatic heterocycles. The molecule has 1 saturated heterocycles. The van der Waals surface area contributed by atoms with Crippen molar-refractivity contribution in [2.24, 2.45) is 5.41 Å². The van der Waals surface area contributed by atoms with Gasteiger partial charge in [-0.3, -0.25) is 0 Å². The van der Waals surface area contributed by atoms with Gasteiger partial charge in [0.25, 0.3) is 0 Å². The first-order valence-electron chi connectivity index (χ1n) is 4.95. The van der Waals surface area contributed by atoms with E-state index < -0.39 is 0 Å². The number of hydrogen-bond acceptors (Lipinski definition) is 2. The Morgan fingerprint density at radius 3 is 2.85 bits per heavy atom. The Kier molecular flexibility index (Phi) is 4.17. The second-order valence-electron chi connectivity index (χ2n) is 4.47. The Morgan fingerprint density at radius 2 is 2.31 bits per heavy atom. The standard InChI is InChI=1S/C11H20OS/c1-10(2)7-12-8-11(3)5-4-6-13-9-11/h7H,4-6,8-9H2,1-3H3. The molecule has 1 fully saturated rings. The van der Waals surface area contributed by atoms with Gasteiger partial charge in [-0.25, -0.2) is 0 Å². The third-order valence-corrected chi connectivity index (χ3v) is 3.75. The lowest BCUT2D eigenvalue weighted by Gasteiger charge is -2.32. The molecule has 0 aromatic heterocycles. The maximum Gasteiger partial charge on any atom is 0.0934 e. The smallest absolute Gasteiger partial charge is 0.0934 e. The second kappa shape index (κ2) is 4.94. The van der Waals surface area contributed by atoms with Gasteiger partial charge in [0.2, 0.25) is 0 Å². The zero-order valence-electron chi connectivity index (χ0n) is 8.93. The van der Waals surface area contributed by atoms with Gasteiger partial charge in [-0.05, 0) is 38.0 Å². The van der Waals surface area contributed by atoms with Crippen molar-refractivity contribution in [3.05, 3.63) is 11.8 Å². The van der Waals surface area contributed by atoms with Crippen LogP contribution in [0.4, 0.5) is 0 Å². The van der Waals surface area contributed by atoms with E-state index in [1.807, 2.05) is 6.26 Å². The molecule has 0 saturated carbocycles. The quantitative estimate of drug-likeness (QED) is 0.645. The molecule has 1 aliphatic rings. The van der Waals surface area contributed by atoms with Gasteiger partial charge in [0.05, 0.1) is 12.9 Å². The van der Waals surface area contributed by atoms with E-state index >= 15 is 0 Å². The van der Waals surface area contributed by atoms with E-state index in [1.54, 1.807) is 0 Å². The van der Waals surface area contributed by atoms with Gasteiger partial charge in [-0.2, -0.15) is 11.8 Å². The minimum Gasteiger partial charge on any atom is -0.501 e. The maximum absolute atomic E-state index is 5.56. The summed E-state index contributed by atoms with van der Waals surface area (Å²) >= 11 is 2.06. The molecule has 1 atom stereocenters. The maximum atomic E-state index is 5.56. The average molecular weight is 200 g/mol. The van der Waals surface area contributed by atoms with E-state index in [1.165, 1.54) is 29.9 Å². The first-order chi connectivity index (χ1) is 6.12. The van der Waals surface area contributed by atoms with Gasteiger partial charge in [0, 0.05) is 11.2 Å². The van der Waals surface area contributed by atoms with Crippen molar-refractivity contribution in [2.45, 2.75) is 33.6 Å². The Morgan fingerprint density at radius 1 is 1.54 bits per heavy atom. The largest absolute Gasteiger partial charge is 0.501 e. The highest BCUT2D eigenvalue weighted by Gasteiger charge is 2.27. The summed E-state index contributed by atoms with van der Waals surface area (Å²) in [7, 11) is 0. The molecule has 0 spiro atoms. The molecule has 0 radical (unpaired) electrons. The van der Waals surface area contributed by atoms with Crippen LogP contribution in [0.25, 0.3) is 0 Å². The van der Waals surface area contributed by atoms with Crippen molar-refractivity contribution in [1.29, 1.82) is 0 Å². The SMILES string of the molecule is CC(C)=COCC1(C)CCCSC1. The lowest BCUT2D eigenvalue weighted by Crippen LogP contribution is -2.28. The molecule has 0 aromatic carbocycles.